The fourth-order valence-electron chi connectivity index (χ4n) is 2.20. The van der Waals surface area contributed by atoms with Crippen molar-refractivity contribution in [1.29, 1.82) is 0 Å². The molecule has 1 aliphatic heterocycles. The van der Waals surface area contributed by atoms with Crippen molar-refractivity contribution in [1.82, 2.24) is 15.1 Å². The van der Waals surface area contributed by atoms with Gasteiger partial charge in [0.15, 0.2) is 0 Å². The molecule has 1 aliphatic rings. The van der Waals surface area contributed by atoms with Crippen LogP contribution in [-0.2, 0) is 11.8 Å². The summed E-state index contributed by atoms with van der Waals surface area (Å²) in [4.78, 5) is 11.6. The van der Waals surface area contributed by atoms with Crippen LogP contribution in [0.1, 0.15) is 31.4 Å². The molecule has 1 saturated heterocycles. The molecule has 1 aromatic rings. The summed E-state index contributed by atoms with van der Waals surface area (Å²) in [6, 6.07) is 0.246. The number of aromatic nitrogens is 2. The van der Waals surface area contributed by atoms with E-state index < -0.39 is 0 Å². The molecule has 5 nitrogen and oxygen atoms in total. The second kappa shape index (κ2) is 4.25. The molecular formula is C11H17N3O2. The predicted octanol–water partition coefficient (Wildman–Crippen LogP) is 0.811. The molecule has 16 heavy (non-hydrogen) atoms. The molecule has 0 radical (unpaired) electrons. The van der Waals surface area contributed by atoms with Gasteiger partial charge in [0.2, 0.25) is 5.88 Å². The molecule has 2 rings (SSSR count). The molecule has 0 aromatic carbocycles. The maximum atomic E-state index is 11.6. The monoisotopic (exact) mass is 223 g/mol. The molecule has 88 valence electrons. The third-order valence-electron chi connectivity index (χ3n) is 2.84. The zero-order valence-electron chi connectivity index (χ0n) is 9.86. The number of methoxy groups -OCH3 is 1. The molecule has 2 atom stereocenters. The largest absolute Gasteiger partial charge is 0.480 e. The van der Waals surface area contributed by atoms with Crippen LogP contribution >= 0.6 is 0 Å². The number of nitrogens with one attached hydrogen (secondary N) is 1. The van der Waals surface area contributed by atoms with Crippen molar-refractivity contribution in [2.45, 2.75) is 31.8 Å². The average Bonchev–Trinajstić information content (AvgIpc) is 2.58. The fraction of sp³-hybridized carbons (Fsp3) is 0.636. The lowest BCUT2D eigenvalue weighted by Crippen LogP contribution is -2.38. The zero-order valence-corrected chi connectivity index (χ0v) is 9.86. The van der Waals surface area contributed by atoms with Gasteiger partial charge in [0.1, 0.15) is 5.78 Å². The molecule has 0 spiro atoms. The van der Waals surface area contributed by atoms with Gasteiger partial charge in [0.05, 0.1) is 12.7 Å². The lowest BCUT2D eigenvalue weighted by molar-refractivity contribution is -0.121. The lowest BCUT2D eigenvalue weighted by atomic mass is 9.94. The summed E-state index contributed by atoms with van der Waals surface area (Å²) >= 11 is 0. The maximum absolute atomic E-state index is 11.6. The number of aryl methyl sites for hydroxylation is 1. The van der Waals surface area contributed by atoms with Crippen molar-refractivity contribution in [2.24, 2.45) is 7.05 Å². The summed E-state index contributed by atoms with van der Waals surface area (Å²) in [6.45, 7) is 2.02. The van der Waals surface area contributed by atoms with Crippen LogP contribution in [0.2, 0.25) is 0 Å². The molecule has 0 aliphatic carbocycles. The van der Waals surface area contributed by atoms with E-state index in [1.165, 1.54) is 0 Å². The predicted molar refractivity (Wildman–Crippen MR) is 59.3 cm³/mol. The number of ether oxygens (including phenoxy) is 1. The molecule has 1 fully saturated rings. The smallest absolute Gasteiger partial charge is 0.237 e. The highest BCUT2D eigenvalue weighted by Gasteiger charge is 2.28. The van der Waals surface area contributed by atoms with Gasteiger partial charge < -0.3 is 10.1 Å². The Hall–Kier alpha value is -1.36. The maximum Gasteiger partial charge on any atom is 0.237 e. The first-order valence-corrected chi connectivity index (χ1v) is 5.45. The first kappa shape index (κ1) is 11.1. The van der Waals surface area contributed by atoms with Crippen molar-refractivity contribution in [3.8, 4) is 5.88 Å². The van der Waals surface area contributed by atoms with Gasteiger partial charge in [0, 0.05) is 38.2 Å². The number of rotatable bonds is 2. The van der Waals surface area contributed by atoms with Gasteiger partial charge in [-0.05, 0) is 6.92 Å². The second-order valence-corrected chi connectivity index (χ2v) is 4.33. The minimum atomic E-state index is 0.0277. The number of hydrogen-bond acceptors (Lipinski definition) is 4. The Kier molecular flexibility index (Phi) is 2.96. The number of carbonyl (C=O) groups is 1. The van der Waals surface area contributed by atoms with Gasteiger partial charge in [-0.1, -0.05) is 0 Å². The molecule has 0 saturated carbocycles. The highest BCUT2D eigenvalue weighted by molar-refractivity contribution is 5.80. The van der Waals surface area contributed by atoms with E-state index in [4.69, 9.17) is 4.74 Å². The van der Waals surface area contributed by atoms with E-state index >= 15 is 0 Å². The number of hydrogen-bond donors (Lipinski definition) is 1. The summed E-state index contributed by atoms with van der Waals surface area (Å²) in [7, 11) is 3.44. The highest BCUT2D eigenvalue weighted by atomic mass is 16.5. The minimum Gasteiger partial charge on any atom is -0.480 e. The normalized spacial score (nSPS) is 25.8. The molecule has 0 amide bonds. The number of Topliss-reactive ketones (excluding diaryl/α,β-unsaturated/α-hetero) is 1. The molecule has 0 bridgehead atoms. The van der Waals surface area contributed by atoms with Crippen LogP contribution in [0, 0.1) is 0 Å². The van der Waals surface area contributed by atoms with Crippen LogP contribution in [0.4, 0.5) is 0 Å². The van der Waals surface area contributed by atoms with Gasteiger partial charge in [-0.2, -0.15) is 0 Å². The molecule has 2 unspecified atom stereocenters. The third kappa shape index (κ3) is 2.09. The van der Waals surface area contributed by atoms with Crippen LogP contribution in [0.15, 0.2) is 6.20 Å². The van der Waals surface area contributed by atoms with Crippen LogP contribution in [0.5, 0.6) is 5.88 Å². The highest BCUT2D eigenvalue weighted by Crippen LogP contribution is 2.29. The van der Waals surface area contributed by atoms with E-state index in [0.717, 1.165) is 5.56 Å². The average molecular weight is 223 g/mol. The van der Waals surface area contributed by atoms with E-state index in [0.29, 0.717) is 24.5 Å². The Morgan fingerprint density at radius 1 is 1.56 bits per heavy atom. The number of piperidine rings is 1. The van der Waals surface area contributed by atoms with E-state index in [-0.39, 0.29) is 12.1 Å². The number of ketones is 1. The first-order chi connectivity index (χ1) is 7.60. The topological polar surface area (TPSA) is 56.2 Å². The lowest BCUT2D eigenvalue weighted by Gasteiger charge is -2.27. The van der Waals surface area contributed by atoms with Crippen LogP contribution < -0.4 is 10.1 Å². The van der Waals surface area contributed by atoms with Gasteiger partial charge in [-0.15, -0.1) is 5.10 Å². The third-order valence-corrected chi connectivity index (χ3v) is 2.84. The molecule has 1 aromatic heterocycles. The Balaban J connectivity index is 2.25. The van der Waals surface area contributed by atoms with Crippen molar-refractivity contribution >= 4 is 5.78 Å². The first-order valence-electron chi connectivity index (χ1n) is 5.45. The number of nitrogens with zero attached hydrogens (tertiary/aromatic N) is 2. The molecule has 2 heterocycles. The summed E-state index contributed by atoms with van der Waals surface area (Å²) in [5.41, 5.74) is 0.963. The second-order valence-electron chi connectivity index (χ2n) is 4.33. The van der Waals surface area contributed by atoms with E-state index in [9.17, 15) is 4.79 Å². The molecule has 5 heteroatoms. The number of carbonyl (C=O) groups excluding carboxylic acids is 1. The Bertz CT molecular complexity index is 400. The summed E-state index contributed by atoms with van der Waals surface area (Å²) < 4.78 is 6.91. The van der Waals surface area contributed by atoms with Gasteiger partial charge in [0.25, 0.3) is 0 Å². The van der Waals surface area contributed by atoms with Crippen molar-refractivity contribution in [3.63, 3.8) is 0 Å². The van der Waals surface area contributed by atoms with Crippen LogP contribution in [0.3, 0.4) is 0 Å². The fourth-order valence-corrected chi connectivity index (χ4v) is 2.20. The van der Waals surface area contributed by atoms with Gasteiger partial charge >= 0.3 is 0 Å². The zero-order chi connectivity index (χ0) is 11.7. The van der Waals surface area contributed by atoms with Crippen molar-refractivity contribution in [3.05, 3.63) is 11.8 Å². The van der Waals surface area contributed by atoms with E-state index in [1.807, 2.05) is 20.2 Å². The Morgan fingerprint density at radius 2 is 2.31 bits per heavy atom. The summed E-state index contributed by atoms with van der Waals surface area (Å²) in [5.74, 6) is 0.893. The van der Waals surface area contributed by atoms with Crippen molar-refractivity contribution in [2.75, 3.05) is 7.11 Å². The van der Waals surface area contributed by atoms with Crippen LogP contribution in [-0.4, -0.2) is 28.7 Å². The Labute approximate surface area is 94.8 Å². The minimum absolute atomic E-state index is 0.0277. The standard InChI is InChI=1S/C11H17N3O2/c1-7-4-8(15)5-10(12-7)9-6-14(2)13-11(9)16-3/h6-7,10,12H,4-5H2,1-3H3. The van der Waals surface area contributed by atoms with Crippen molar-refractivity contribution < 1.29 is 9.53 Å². The Morgan fingerprint density at radius 3 is 2.94 bits per heavy atom. The summed E-state index contributed by atoms with van der Waals surface area (Å²) in [6.07, 6.45) is 3.04. The van der Waals surface area contributed by atoms with E-state index in [2.05, 4.69) is 10.4 Å². The van der Waals surface area contributed by atoms with Gasteiger partial charge in [-0.25, -0.2) is 0 Å². The van der Waals surface area contributed by atoms with E-state index in [1.54, 1.807) is 11.8 Å². The quantitative estimate of drug-likeness (QED) is 0.806. The molecular weight excluding hydrogens is 206 g/mol. The summed E-state index contributed by atoms with van der Waals surface area (Å²) in [5, 5.41) is 7.59. The van der Waals surface area contributed by atoms with Crippen LogP contribution in [0.25, 0.3) is 0 Å². The molecule has 1 N–H and O–H groups in total. The SMILES string of the molecule is COc1nn(C)cc1C1CC(=O)CC(C)N1. The van der Waals surface area contributed by atoms with Gasteiger partial charge in [-0.3, -0.25) is 9.48 Å².